The van der Waals surface area contributed by atoms with Crippen molar-refractivity contribution < 1.29 is 24.0 Å². The van der Waals surface area contributed by atoms with Crippen LogP contribution in [-0.2, 0) is 11.3 Å². The van der Waals surface area contributed by atoms with Gasteiger partial charge in [0.1, 0.15) is 16.4 Å². The zero-order valence-electron chi connectivity index (χ0n) is 21.5. The van der Waals surface area contributed by atoms with Crippen LogP contribution in [0.2, 0.25) is 5.02 Å². The molecule has 0 saturated carbocycles. The molecule has 0 aliphatic heterocycles. The molecule has 4 rings (SSSR count). The Labute approximate surface area is 228 Å². The number of imidazole rings is 1. The predicted molar refractivity (Wildman–Crippen MR) is 147 cm³/mol. The Hall–Kier alpha value is -4.64. The number of nitro benzene ring substituents is 1. The summed E-state index contributed by atoms with van der Waals surface area (Å²) in [6.45, 7) is 2.21. The van der Waals surface area contributed by atoms with E-state index in [0.717, 1.165) is 5.56 Å². The fourth-order valence-corrected chi connectivity index (χ4v) is 4.59. The minimum absolute atomic E-state index is 0.0141. The second kappa shape index (κ2) is 11.4. The fraction of sp³-hybridized carbons (Fsp3) is 0.222. The van der Waals surface area contributed by atoms with Gasteiger partial charge < -0.3 is 25.1 Å². The van der Waals surface area contributed by atoms with Crippen LogP contribution in [0.3, 0.4) is 0 Å². The number of benzene rings is 3. The molecule has 12 heteroatoms. The third kappa shape index (κ3) is 5.63. The number of aromatic nitrogens is 2. The maximum absolute atomic E-state index is 13.0. The van der Waals surface area contributed by atoms with Gasteiger partial charge in [-0.25, -0.2) is 4.98 Å². The third-order valence-electron chi connectivity index (χ3n) is 6.14. The van der Waals surface area contributed by atoms with Gasteiger partial charge in [-0.05, 0) is 43.7 Å². The first-order valence-electron chi connectivity index (χ1n) is 11.9. The zero-order valence-corrected chi connectivity index (χ0v) is 22.2. The summed E-state index contributed by atoms with van der Waals surface area (Å²) in [5, 5.41) is 14.9. The van der Waals surface area contributed by atoms with E-state index in [-0.39, 0.29) is 52.5 Å². The molecule has 0 saturated heterocycles. The summed E-state index contributed by atoms with van der Waals surface area (Å²) in [5.74, 6) is -0.465. The second-order valence-electron chi connectivity index (χ2n) is 8.76. The minimum Gasteiger partial charge on any atom is -0.493 e. The summed E-state index contributed by atoms with van der Waals surface area (Å²) in [4.78, 5) is 40.5. The number of nitro groups is 1. The summed E-state index contributed by atoms with van der Waals surface area (Å²) in [7, 11) is 2.72. The maximum atomic E-state index is 13.0. The first kappa shape index (κ1) is 27.4. The van der Waals surface area contributed by atoms with Crippen LogP contribution in [0.1, 0.15) is 28.8 Å². The van der Waals surface area contributed by atoms with Gasteiger partial charge in [-0.15, -0.1) is 0 Å². The number of carbonyl (C=O) groups is 2. The normalized spacial score (nSPS) is 10.9. The van der Waals surface area contributed by atoms with Crippen LogP contribution in [0, 0.1) is 17.0 Å². The molecule has 11 nitrogen and oxygen atoms in total. The van der Waals surface area contributed by atoms with E-state index in [2.05, 4.69) is 10.3 Å². The Kier molecular flexibility index (Phi) is 8.01. The molecular weight excluding hydrogens is 526 g/mol. The second-order valence-corrected chi connectivity index (χ2v) is 9.14. The van der Waals surface area contributed by atoms with E-state index in [1.807, 2.05) is 19.1 Å². The molecular formula is C27H26ClN5O6. The number of nitrogens with one attached hydrogen (secondary N) is 1. The van der Waals surface area contributed by atoms with Crippen LogP contribution in [0.15, 0.2) is 48.5 Å². The molecule has 0 aliphatic rings. The number of aryl methyl sites for hydroxylation is 2. The lowest BCUT2D eigenvalue weighted by molar-refractivity contribution is -0.384. The number of amides is 2. The highest BCUT2D eigenvalue weighted by atomic mass is 35.5. The number of primary amides is 1. The van der Waals surface area contributed by atoms with Gasteiger partial charge in [0, 0.05) is 24.2 Å². The molecule has 2 amide bonds. The Morgan fingerprint density at radius 1 is 1.13 bits per heavy atom. The molecule has 4 aromatic rings. The average molecular weight is 552 g/mol. The van der Waals surface area contributed by atoms with Gasteiger partial charge in [-0.1, -0.05) is 29.3 Å². The summed E-state index contributed by atoms with van der Waals surface area (Å²) < 4.78 is 12.3. The number of nitrogens with two attached hydrogens (primary N) is 1. The van der Waals surface area contributed by atoms with Crippen molar-refractivity contribution in [1.29, 1.82) is 0 Å². The molecule has 3 aromatic carbocycles. The third-order valence-corrected chi connectivity index (χ3v) is 6.50. The predicted octanol–water partition coefficient (Wildman–Crippen LogP) is 5.11. The molecule has 1 heterocycles. The average Bonchev–Trinajstić information content (AvgIpc) is 3.26. The number of anilines is 1. The van der Waals surface area contributed by atoms with Gasteiger partial charge in [0.2, 0.25) is 5.91 Å². The lowest BCUT2D eigenvalue weighted by Crippen LogP contribution is -2.12. The lowest BCUT2D eigenvalue weighted by atomic mass is 10.1. The number of methoxy groups -OCH3 is 2. The van der Waals surface area contributed by atoms with Crippen molar-refractivity contribution in [2.24, 2.45) is 5.73 Å². The number of carbonyl (C=O) groups excluding carboxylic acids is 2. The smallest absolute Gasteiger partial charge is 0.285 e. The van der Waals surface area contributed by atoms with Crippen molar-refractivity contribution in [2.45, 2.75) is 26.3 Å². The quantitative estimate of drug-likeness (QED) is 0.205. The van der Waals surface area contributed by atoms with Crippen LogP contribution in [0.5, 0.6) is 11.5 Å². The van der Waals surface area contributed by atoms with Crippen LogP contribution in [0.4, 0.5) is 11.4 Å². The number of hydrogen-bond donors (Lipinski definition) is 2. The number of hydrogen-bond acceptors (Lipinski definition) is 7. The van der Waals surface area contributed by atoms with Gasteiger partial charge in [-0.3, -0.25) is 19.7 Å². The molecule has 0 atom stereocenters. The highest BCUT2D eigenvalue weighted by Gasteiger charge is 2.30. The Balaban J connectivity index is 1.87. The Bertz CT molecular complexity index is 1580. The van der Waals surface area contributed by atoms with Crippen LogP contribution >= 0.6 is 11.6 Å². The van der Waals surface area contributed by atoms with E-state index in [4.69, 9.17) is 26.8 Å². The zero-order chi connectivity index (χ0) is 28.3. The van der Waals surface area contributed by atoms with Gasteiger partial charge in [0.15, 0.2) is 11.5 Å². The van der Waals surface area contributed by atoms with Crippen molar-refractivity contribution in [1.82, 2.24) is 9.55 Å². The van der Waals surface area contributed by atoms with Crippen molar-refractivity contribution in [3.8, 4) is 22.9 Å². The molecule has 1 aromatic heterocycles. The lowest BCUT2D eigenvalue weighted by Gasteiger charge is -2.15. The fourth-order valence-electron chi connectivity index (χ4n) is 4.23. The molecule has 3 N–H and O–H groups in total. The van der Waals surface area contributed by atoms with Gasteiger partial charge in [0.25, 0.3) is 11.6 Å². The number of fused-ring (bicyclic) bond motifs is 1. The van der Waals surface area contributed by atoms with Gasteiger partial charge in [-0.2, -0.15) is 0 Å². The minimum atomic E-state index is -0.587. The van der Waals surface area contributed by atoms with Crippen molar-refractivity contribution in [3.05, 3.63) is 74.8 Å². The summed E-state index contributed by atoms with van der Waals surface area (Å²) in [5.41, 5.74) is 8.02. The molecule has 0 fully saturated rings. The van der Waals surface area contributed by atoms with E-state index in [1.165, 1.54) is 20.3 Å². The number of ether oxygens (including phenoxy) is 2. The summed E-state index contributed by atoms with van der Waals surface area (Å²) in [6, 6.07) is 13.5. The first-order chi connectivity index (χ1) is 18.6. The SMILES string of the molecule is COc1cc([N+](=O)[O-])c(-c2nc3cc(C(=O)Nc4ccc(C)cc4)ccc3n2CCCC(N)=O)c(Cl)c1OC. The van der Waals surface area contributed by atoms with E-state index >= 15 is 0 Å². The largest absolute Gasteiger partial charge is 0.493 e. The van der Waals surface area contributed by atoms with Crippen molar-refractivity contribution in [3.63, 3.8) is 0 Å². The number of halogens is 1. The molecule has 0 bridgehead atoms. The summed E-state index contributed by atoms with van der Waals surface area (Å²) >= 11 is 6.64. The van der Waals surface area contributed by atoms with Crippen LogP contribution in [0.25, 0.3) is 22.4 Å². The highest BCUT2D eigenvalue weighted by Crippen LogP contribution is 2.47. The van der Waals surface area contributed by atoms with E-state index in [9.17, 15) is 19.7 Å². The molecule has 39 heavy (non-hydrogen) atoms. The number of nitrogens with zero attached hydrogens (tertiary/aromatic N) is 3. The highest BCUT2D eigenvalue weighted by molar-refractivity contribution is 6.35. The van der Waals surface area contributed by atoms with E-state index in [0.29, 0.717) is 28.7 Å². The molecule has 0 unspecified atom stereocenters. The van der Waals surface area contributed by atoms with Crippen LogP contribution in [-0.4, -0.2) is 40.5 Å². The van der Waals surface area contributed by atoms with Gasteiger partial charge in [0.05, 0.1) is 36.2 Å². The Morgan fingerprint density at radius 2 is 1.85 bits per heavy atom. The van der Waals surface area contributed by atoms with Crippen LogP contribution < -0.4 is 20.5 Å². The topological polar surface area (TPSA) is 152 Å². The maximum Gasteiger partial charge on any atom is 0.285 e. The van der Waals surface area contributed by atoms with E-state index < -0.39 is 10.8 Å². The first-order valence-corrected chi connectivity index (χ1v) is 12.3. The molecule has 0 spiro atoms. The van der Waals surface area contributed by atoms with E-state index in [1.54, 1.807) is 34.9 Å². The molecule has 202 valence electrons. The Morgan fingerprint density at radius 3 is 2.46 bits per heavy atom. The standard InChI is InChI=1S/C27H26ClN5O6/c1-15-6-9-17(10-7-15)30-27(35)16-8-11-19-18(13-16)31-26(32(19)12-4-5-22(29)34)23-20(33(36)37)14-21(38-2)25(39-3)24(23)28/h6-11,13-14H,4-5,12H2,1-3H3,(H2,29,34)(H,30,35). The summed E-state index contributed by atoms with van der Waals surface area (Å²) in [6.07, 6.45) is 0.445. The number of rotatable bonds is 10. The molecule has 0 aliphatic carbocycles. The van der Waals surface area contributed by atoms with Crippen molar-refractivity contribution in [2.75, 3.05) is 19.5 Å². The van der Waals surface area contributed by atoms with Gasteiger partial charge >= 0.3 is 0 Å². The molecule has 0 radical (unpaired) electrons. The monoisotopic (exact) mass is 551 g/mol. The van der Waals surface area contributed by atoms with Crippen molar-refractivity contribution >= 4 is 45.8 Å².